The monoisotopic (exact) mass is 87.0 g/mol. The molecular formula is C2H5N3O. The molecule has 1 rings (SSSR count). The van der Waals surface area contributed by atoms with E-state index in [0.717, 1.165) is 0 Å². The summed E-state index contributed by atoms with van der Waals surface area (Å²) in [5, 5.41) is 15.1. The topological polar surface area (TPSA) is 57.0 Å². The summed E-state index contributed by atoms with van der Waals surface area (Å²) in [5.74, 6) is 0. The third-order valence-corrected chi connectivity index (χ3v) is 0.532. The van der Waals surface area contributed by atoms with Crippen LogP contribution in [0.2, 0.25) is 0 Å². The molecule has 2 N–H and O–H groups in total. The lowest BCUT2D eigenvalue weighted by molar-refractivity contribution is 0.166. The van der Waals surface area contributed by atoms with Crippen molar-refractivity contribution in [3.63, 3.8) is 0 Å². The summed E-state index contributed by atoms with van der Waals surface area (Å²) in [7, 11) is 0. The molecule has 1 heterocycles. The molecule has 1 aliphatic rings. The van der Waals surface area contributed by atoms with Crippen molar-refractivity contribution in [2.24, 2.45) is 10.3 Å². The van der Waals surface area contributed by atoms with Crippen LogP contribution in [0.1, 0.15) is 0 Å². The molecule has 0 bridgehead atoms. The highest BCUT2D eigenvalue weighted by Crippen LogP contribution is 1.86. The second-order valence-corrected chi connectivity index (χ2v) is 1.07. The number of rotatable bonds is 0. The number of hydrogen-bond acceptors (Lipinski definition) is 4. The fraction of sp³-hybridized carbons (Fsp3) is 1.00. The first-order valence-corrected chi connectivity index (χ1v) is 1.69. The van der Waals surface area contributed by atoms with Crippen LogP contribution < -0.4 is 5.43 Å². The Morgan fingerprint density at radius 2 is 2.67 bits per heavy atom. The van der Waals surface area contributed by atoms with Gasteiger partial charge in [-0.2, -0.15) is 5.11 Å². The fourth-order valence-electron chi connectivity index (χ4n) is 0.266. The van der Waals surface area contributed by atoms with Gasteiger partial charge in [0.05, 0.1) is 0 Å². The zero-order chi connectivity index (χ0) is 4.41. The molecule has 0 radical (unpaired) electrons. The maximum absolute atomic E-state index is 8.43. The standard InChI is InChI=1S/C2H5N3O/c6-2-1-3-5-4-2/h2,6H,1H2,(H,3,4). The van der Waals surface area contributed by atoms with E-state index in [1.807, 2.05) is 0 Å². The van der Waals surface area contributed by atoms with Gasteiger partial charge in [-0.25, -0.2) is 0 Å². The molecule has 34 valence electrons. The zero-order valence-electron chi connectivity index (χ0n) is 3.13. The van der Waals surface area contributed by atoms with E-state index in [1.54, 1.807) is 0 Å². The highest BCUT2D eigenvalue weighted by atomic mass is 16.3. The number of hydrogen-bond donors (Lipinski definition) is 2. The van der Waals surface area contributed by atoms with E-state index < -0.39 is 6.23 Å². The second-order valence-electron chi connectivity index (χ2n) is 1.07. The van der Waals surface area contributed by atoms with Crippen molar-refractivity contribution in [3.05, 3.63) is 0 Å². The number of aliphatic hydroxyl groups is 1. The van der Waals surface area contributed by atoms with Crippen molar-refractivity contribution in [2.75, 3.05) is 6.54 Å². The highest BCUT2D eigenvalue weighted by molar-refractivity contribution is 4.54. The van der Waals surface area contributed by atoms with E-state index in [1.165, 1.54) is 0 Å². The van der Waals surface area contributed by atoms with Crippen molar-refractivity contribution >= 4 is 0 Å². The minimum Gasteiger partial charge on any atom is -0.370 e. The Kier molecular flexibility index (Phi) is 0.719. The predicted octanol–water partition coefficient (Wildman–Crippen LogP) is -0.725. The lowest BCUT2D eigenvalue weighted by Gasteiger charge is -1.91. The van der Waals surface area contributed by atoms with Crippen LogP contribution in [0.4, 0.5) is 0 Å². The number of nitrogens with zero attached hydrogens (tertiary/aromatic N) is 2. The van der Waals surface area contributed by atoms with Crippen LogP contribution in [0.15, 0.2) is 10.3 Å². The van der Waals surface area contributed by atoms with E-state index in [-0.39, 0.29) is 0 Å². The SMILES string of the molecule is OC1CN=NN1. The van der Waals surface area contributed by atoms with Gasteiger partial charge in [-0.3, -0.25) is 5.43 Å². The Morgan fingerprint density at radius 1 is 1.83 bits per heavy atom. The molecule has 4 heteroatoms. The molecule has 6 heavy (non-hydrogen) atoms. The van der Waals surface area contributed by atoms with Gasteiger partial charge in [0, 0.05) is 0 Å². The van der Waals surface area contributed by atoms with Crippen LogP contribution in [0.5, 0.6) is 0 Å². The smallest absolute Gasteiger partial charge is 0.162 e. The van der Waals surface area contributed by atoms with Gasteiger partial charge in [0.1, 0.15) is 6.54 Å². The normalized spacial score (nSPS) is 30.5. The third kappa shape index (κ3) is 0.463. The Labute approximate surface area is 34.9 Å². The average molecular weight is 87.1 g/mol. The molecule has 1 aliphatic heterocycles. The summed E-state index contributed by atoms with van der Waals surface area (Å²) in [6.45, 7) is 0.389. The molecule has 0 aromatic carbocycles. The Morgan fingerprint density at radius 3 is 2.83 bits per heavy atom. The summed E-state index contributed by atoms with van der Waals surface area (Å²) in [4.78, 5) is 0. The molecule has 0 spiro atoms. The molecule has 0 saturated carbocycles. The summed E-state index contributed by atoms with van der Waals surface area (Å²) >= 11 is 0. The largest absolute Gasteiger partial charge is 0.370 e. The molecule has 1 unspecified atom stereocenters. The van der Waals surface area contributed by atoms with Crippen molar-refractivity contribution < 1.29 is 5.11 Å². The molecule has 0 aliphatic carbocycles. The lowest BCUT2D eigenvalue weighted by atomic mass is 10.6. The summed E-state index contributed by atoms with van der Waals surface area (Å²) < 4.78 is 0. The van der Waals surface area contributed by atoms with Gasteiger partial charge in [-0.1, -0.05) is 5.22 Å². The second kappa shape index (κ2) is 1.22. The van der Waals surface area contributed by atoms with E-state index in [9.17, 15) is 0 Å². The molecular weight excluding hydrogens is 82.0 g/mol. The quantitative estimate of drug-likeness (QED) is 0.409. The van der Waals surface area contributed by atoms with E-state index in [0.29, 0.717) is 6.54 Å². The first kappa shape index (κ1) is 3.55. The summed E-state index contributed by atoms with van der Waals surface area (Å²) in [6, 6.07) is 0. The van der Waals surface area contributed by atoms with Gasteiger partial charge in [0.15, 0.2) is 6.23 Å². The predicted molar refractivity (Wildman–Crippen MR) is 18.9 cm³/mol. The van der Waals surface area contributed by atoms with Crippen LogP contribution >= 0.6 is 0 Å². The molecule has 0 amide bonds. The van der Waals surface area contributed by atoms with Crippen LogP contribution in [0.3, 0.4) is 0 Å². The molecule has 0 fully saturated rings. The summed E-state index contributed by atoms with van der Waals surface area (Å²) in [6.07, 6.45) is -0.537. The Balaban J connectivity index is 2.32. The van der Waals surface area contributed by atoms with Crippen LogP contribution in [-0.4, -0.2) is 17.9 Å². The van der Waals surface area contributed by atoms with Gasteiger partial charge in [0.2, 0.25) is 0 Å². The highest BCUT2D eigenvalue weighted by Gasteiger charge is 2.03. The lowest BCUT2D eigenvalue weighted by Crippen LogP contribution is -2.20. The van der Waals surface area contributed by atoms with Crippen molar-refractivity contribution in [3.8, 4) is 0 Å². The molecule has 0 aromatic rings. The maximum Gasteiger partial charge on any atom is 0.162 e. The third-order valence-electron chi connectivity index (χ3n) is 0.532. The minimum atomic E-state index is -0.537. The summed E-state index contributed by atoms with van der Waals surface area (Å²) in [5.41, 5.74) is 2.33. The fourth-order valence-corrected chi connectivity index (χ4v) is 0.266. The first-order valence-electron chi connectivity index (χ1n) is 1.69. The van der Waals surface area contributed by atoms with E-state index in [4.69, 9.17) is 5.11 Å². The van der Waals surface area contributed by atoms with Crippen LogP contribution in [0.25, 0.3) is 0 Å². The minimum absolute atomic E-state index is 0.389. The Bertz CT molecular complexity index is 63.2. The van der Waals surface area contributed by atoms with Gasteiger partial charge in [-0.05, 0) is 0 Å². The molecule has 4 nitrogen and oxygen atoms in total. The van der Waals surface area contributed by atoms with E-state index >= 15 is 0 Å². The van der Waals surface area contributed by atoms with Crippen molar-refractivity contribution in [1.82, 2.24) is 5.43 Å². The molecule has 0 saturated heterocycles. The van der Waals surface area contributed by atoms with Gasteiger partial charge in [0.25, 0.3) is 0 Å². The zero-order valence-corrected chi connectivity index (χ0v) is 3.13. The maximum atomic E-state index is 8.43. The molecule has 1 atom stereocenters. The molecule has 0 aromatic heterocycles. The van der Waals surface area contributed by atoms with Crippen LogP contribution in [-0.2, 0) is 0 Å². The van der Waals surface area contributed by atoms with Crippen LogP contribution in [0, 0.1) is 0 Å². The van der Waals surface area contributed by atoms with Gasteiger partial charge in [-0.15, -0.1) is 0 Å². The van der Waals surface area contributed by atoms with Crippen molar-refractivity contribution in [2.45, 2.75) is 6.23 Å². The van der Waals surface area contributed by atoms with Gasteiger partial charge < -0.3 is 5.11 Å². The van der Waals surface area contributed by atoms with Crippen molar-refractivity contribution in [1.29, 1.82) is 0 Å². The van der Waals surface area contributed by atoms with E-state index in [2.05, 4.69) is 15.8 Å². The van der Waals surface area contributed by atoms with Gasteiger partial charge >= 0.3 is 0 Å². The number of aliphatic hydroxyl groups excluding tert-OH is 1. The number of nitrogens with one attached hydrogen (secondary N) is 1. The first-order chi connectivity index (χ1) is 2.89. The average Bonchev–Trinajstić information content (AvgIpc) is 1.86. The Hall–Kier alpha value is -0.640.